The molecule has 0 unspecified atom stereocenters. The molecule has 0 spiro atoms. The number of amides is 1. The van der Waals surface area contributed by atoms with Crippen molar-refractivity contribution in [1.82, 2.24) is 4.98 Å². The lowest BCUT2D eigenvalue weighted by molar-refractivity contribution is -0.124. The van der Waals surface area contributed by atoms with Crippen LogP contribution in [0.5, 0.6) is 5.75 Å². The largest absolute Gasteiger partial charge is 0.490 e. The molecule has 2 aliphatic carbocycles. The maximum absolute atomic E-state index is 14.2. The summed E-state index contributed by atoms with van der Waals surface area (Å²) >= 11 is 1.17. The lowest BCUT2D eigenvalue weighted by Crippen LogP contribution is -2.47. The third kappa shape index (κ3) is 6.93. The monoisotopic (exact) mass is 572 g/mol. The topological polar surface area (TPSA) is 79.7 Å². The van der Waals surface area contributed by atoms with Gasteiger partial charge in [0.15, 0.2) is 0 Å². The molecule has 2 saturated carbocycles. The molecule has 0 bridgehead atoms. The molecule has 2 aromatic heterocycles. The van der Waals surface area contributed by atoms with Crippen molar-refractivity contribution in [1.29, 1.82) is 0 Å². The van der Waals surface area contributed by atoms with Gasteiger partial charge in [-0.05, 0) is 102 Å². The Morgan fingerprint density at radius 2 is 1.73 bits per heavy atom. The number of anilines is 1. The summed E-state index contributed by atoms with van der Waals surface area (Å²) in [7, 11) is 0. The molecule has 2 aliphatic rings. The van der Waals surface area contributed by atoms with Gasteiger partial charge in [-0.1, -0.05) is 30.9 Å². The molecule has 1 N–H and O–H groups in total. The molecular formula is C34H40N2O4S. The predicted octanol–water partition coefficient (Wildman–Crippen LogP) is 7.94. The number of hydrogen-bond donors (Lipinski definition) is 1. The van der Waals surface area contributed by atoms with E-state index in [1.807, 2.05) is 62.1 Å². The van der Waals surface area contributed by atoms with Gasteiger partial charge in [0.2, 0.25) is 5.91 Å². The predicted molar refractivity (Wildman–Crippen MR) is 165 cm³/mol. The third-order valence-corrected chi connectivity index (χ3v) is 9.27. The van der Waals surface area contributed by atoms with Gasteiger partial charge in [-0.2, -0.15) is 0 Å². The Bertz CT molecular complexity index is 1460. The number of carboxylic acids is 1. The summed E-state index contributed by atoms with van der Waals surface area (Å²) in [4.78, 5) is 33.8. The number of ether oxygens (including phenoxy) is 1. The van der Waals surface area contributed by atoms with E-state index in [4.69, 9.17) is 4.74 Å². The van der Waals surface area contributed by atoms with Crippen LogP contribution >= 0.6 is 11.3 Å². The highest BCUT2D eigenvalue weighted by atomic mass is 32.1. The van der Waals surface area contributed by atoms with E-state index in [0.29, 0.717) is 16.5 Å². The molecule has 0 aliphatic heterocycles. The van der Waals surface area contributed by atoms with Gasteiger partial charge in [0.05, 0.1) is 22.2 Å². The van der Waals surface area contributed by atoms with Crippen molar-refractivity contribution >= 4 is 39.8 Å². The molecule has 3 aromatic rings. The van der Waals surface area contributed by atoms with Crippen molar-refractivity contribution in [2.24, 2.45) is 17.3 Å². The molecule has 7 heteroatoms. The van der Waals surface area contributed by atoms with Crippen LogP contribution in [0.15, 0.2) is 42.6 Å². The highest BCUT2D eigenvalue weighted by Crippen LogP contribution is 2.39. The summed E-state index contributed by atoms with van der Waals surface area (Å²) in [6.45, 7) is 8.33. The van der Waals surface area contributed by atoms with Crippen molar-refractivity contribution in [3.8, 4) is 17.6 Å². The van der Waals surface area contributed by atoms with Crippen LogP contribution < -0.4 is 9.64 Å². The minimum Gasteiger partial charge on any atom is -0.490 e. The fourth-order valence-corrected chi connectivity index (χ4v) is 6.84. The van der Waals surface area contributed by atoms with Crippen LogP contribution in [0.25, 0.3) is 10.9 Å². The van der Waals surface area contributed by atoms with Gasteiger partial charge >= 0.3 is 5.97 Å². The Labute approximate surface area is 247 Å². The van der Waals surface area contributed by atoms with E-state index in [1.54, 1.807) is 6.20 Å². The number of fused-ring (bicyclic) bond motifs is 1. The standard InChI is InChI=1S/C34H40N2O4S/c1-22-9-11-23(12-10-22)32(37)36(29-21-26(17-19-34(2,3)4)41-31(29)33(38)39)24-13-15-25(16-14-24)40-30-18-20-35-28-8-6-5-7-27(28)30/h5-8,18,20-25H,9-16H2,1-4H3,(H,38,39). The summed E-state index contributed by atoms with van der Waals surface area (Å²) in [6, 6.07) is 11.6. The average molecular weight is 573 g/mol. The third-order valence-electron chi connectivity index (χ3n) is 8.24. The molecule has 5 rings (SSSR count). The molecule has 0 saturated heterocycles. The highest BCUT2D eigenvalue weighted by Gasteiger charge is 2.38. The quantitative estimate of drug-likeness (QED) is 0.303. The van der Waals surface area contributed by atoms with Crippen molar-refractivity contribution in [3.05, 3.63) is 52.3 Å². The number of aromatic carboxylic acids is 1. The van der Waals surface area contributed by atoms with Crippen LogP contribution in [0.1, 0.15) is 93.6 Å². The van der Waals surface area contributed by atoms with Gasteiger partial charge in [-0.15, -0.1) is 11.3 Å². The first-order valence-corrected chi connectivity index (χ1v) is 15.6. The Balaban J connectivity index is 1.41. The molecule has 0 radical (unpaired) electrons. The Hall–Kier alpha value is -3.37. The van der Waals surface area contributed by atoms with Gasteiger partial charge in [0.25, 0.3) is 0 Å². The second-order valence-electron chi connectivity index (χ2n) is 12.7. The number of benzene rings is 1. The maximum atomic E-state index is 14.2. The molecule has 216 valence electrons. The minimum atomic E-state index is -1.01. The van der Waals surface area contributed by atoms with E-state index in [9.17, 15) is 14.7 Å². The van der Waals surface area contributed by atoms with Crippen molar-refractivity contribution in [2.45, 2.75) is 91.2 Å². The van der Waals surface area contributed by atoms with Crippen molar-refractivity contribution in [3.63, 3.8) is 0 Å². The van der Waals surface area contributed by atoms with Crippen LogP contribution in [0.2, 0.25) is 0 Å². The maximum Gasteiger partial charge on any atom is 0.348 e. The first-order valence-electron chi connectivity index (χ1n) is 14.8. The fraction of sp³-hybridized carbons (Fsp3) is 0.500. The average Bonchev–Trinajstić information content (AvgIpc) is 3.37. The number of carbonyl (C=O) groups excluding carboxylic acids is 1. The van der Waals surface area contributed by atoms with Crippen LogP contribution in [-0.2, 0) is 4.79 Å². The number of aromatic nitrogens is 1. The number of pyridine rings is 1. The van der Waals surface area contributed by atoms with E-state index in [2.05, 4.69) is 23.7 Å². The zero-order valence-corrected chi connectivity index (χ0v) is 25.3. The number of thiophene rings is 1. The number of rotatable bonds is 6. The summed E-state index contributed by atoms with van der Waals surface area (Å²) in [6.07, 6.45) is 8.65. The van der Waals surface area contributed by atoms with E-state index in [0.717, 1.165) is 68.0 Å². The molecule has 6 nitrogen and oxygen atoms in total. The first kappa shape index (κ1) is 29.1. The lowest BCUT2D eigenvalue weighted by atomic mass is 9.81. The molecule has 41 heavy (non-hydrogen) atoms. The van der Waals surface area contributed by atoms with Crippen LogP contribution in [0.4, 0.5) is 5.69 Å². The Kier molecular flexibility index (Phi) is 8.70. The summed E-state index contributed by atoms with van der Waals surface area (Å²) < 4.78 is 6.47. The molecule has 2 fully saturated rings. The molecule has 1 amide bonds. The summed E-state index contributed by atoms with van der Waals surface area (Å²) in [5.41, 5.74) is 1.20. The second-order valence-corrected chi connectivity index (χ2v) is 13.7. The fourth-order valence-electron chi connectivity index (χ4n) is 6.00. The van der Waals surface area contributed by atoms with E-state index < -0.39 is 5.97 Å². The number of carboxylic acid groups (broad SMARTS) is 1. The summed E-state index contributed by atoms with van der Waals surface area (Å²) in [5.74, 6) is 6.83. The normalized spacial score (nSPS) is 22.9. The van der Waals surface area contributed by atoms with Gasteiger partial charge < -0.3 is 14.7 Å². The number of carbonyl (C=O) groups is 2. The van der Waals surface area contributed by atoms with Crippen molar-refractivity contribution in [2.75, 3.05) is 4.90 Å². The smallest absolute Gasteiger partial charge is 0.348 e. The molecule has 0 atom stereocenters. The van der Waals surface area contributed by atoms with Gasteiger partial charge in [-0.3, -0.25) is 9.78 Å². The lowest BCUT2D eigenvalue weighted by Gasteiger charge is -2.39. The van der Waals surface area contributed by atoms with Crippen molar-refractivity contribution < 1.29 is 19.4 Å². The van der Waals surface area contributed by atoms with Crippen LogP contribution in [0, 0.1) is 29.1 Å². The number of nitrogens with zero attached hydrogens (tertiary/aromatic N) is 2. The van der Waals surface area contributed by atoms with Gasteiger partial charge in [0.1, 0.15) is 10.6 Å². The van der Waals surface area contributed by atoms with E-state index >= 15 is 0 Å². The van der Waals surface area contributed by atoms with E-state index in [-0.39, 0.29) is 34.3 Å². The first-order chi connectivity index (χ1) is 19.6. The van der Waals surface area contributed by atoms with Crippen LogP contribution in [-0.4, -0.2) is 34.1 Å². The molecule has 2 heterocycles. The van der Waals surface area contributed by atoms with Crippen LogP contribution in [0.3, 0.4) is 0 Å². The van der Waals surface area contributed by atoms with E-state index in [1.165, 1.54) is 11.3 Å². The van der Waals surface area contributed by atoms with Gasteiger partial charge in [0, 0.05) is 29.0 Å². The highest BCUT2D eigenvalue weighted by molar-refractivity contribution is 7.15. The Morgan fingerprint density at radius 3 is 2.41 bits per heavy atom. The Morgan fingerprint density at radius 1 is 1.02 bits per heavy atom. The molecule has 1 aromatic carbocycles. The SMILES string of the molecule is CC1CCC(C(=O)N(c2cc(C#CC(C)(C)C)sc2C(=O)O)C2CCC(Oc3ccnc4ccccc34)CC2)CC1. The minimum absolute atomic E-state index is 0.0270. The summed E-state index contributed by atoms with van der Waals surface area (Å²) in [5, 5.41) is 11.2. The zero-order chi connectivity index (χ0) is 29.1. The van der Waals surface area contributed by atoms with Gasteiger partial charge in [-0.25, -0.2) is 4.79 Å². The number of para-hydroxylation sites is 1. The zero-order valence-electron chi connectivity index (χ0n) is 24.5. The molecular weight excluding hydrogens is 532 g/mol. The number of hydrogen-bond acceptors (Lipinski definition) is 5. The second kappa shape index (κ2) is 12.2.